The van der Waals surface area contributed by atoms with Crippen molar-refractivity contribution in [3.05, 3.63) is 36.4 Å². The number of rotatable bonds is 3. The standard InChI is InChI=1S/C12H12N2O6S2/c13-9-6-8(7-4-2-1-3-5-7)11(21(15,16)17)10(14)12(9)22(18,19)20/h1-6H,13-14H2,(H,15,16,17)(H,18,19,20). The Kier molecular flexibility index (Phi) is 3.87. The van der Waals surface area contributed by atoms with E-state index in [1.165, 1.54) is 12.1 Å². The van der Waals surface area contributed by atoms with E-state index in [4.69, 9.17) is 16.0 Å². The van der Waals surface area contributed by atoms with Crippen LogP contribution in [0.1, 0.15) is 0 Å². The van der Waals surface area contributed by atoms with Gasteiger partial charge in [0.1, 0.15) is 9.79 Å². The van der Waals surface area contributed by atoms with E-state index < -0.39 is 41.4 Å². The lowest BCUT2D eigenvalue weighted by molar-refractivity contribution is 0.483. The van der Waals surface area contributed by atoms with Gasteiger partial charge in [-0.25, -0.2) is 0 Å². The second-order valence-electron chi connectivity index (χ2n) is 4.40. The molecule has 0 bridgehead atoms. The number of hydrogen-bond donors (Lipinski definition) is 4. The van der Waals surface area contributed by atoms with Crippen LogP contribution in [0.2, 0.25) is 0 Å². The quantitative estimate of drug-likeness (QED) is 0.474. The van der Waals surface area contributed by atoms with Gasteiger partial charge in [-0.1, -0.05) is 30.3 Å². The molecule has 0 saturated carbocycles. The first kappa shape index (κ1) is 16.2. The fourth-order valence-electron chi connectivity index (χ4n) is 2.09. The van der Waals surface area contributed by atoms with Crippen molar-refractivity contribution in [2.75, 3.05) is 11.5 Å². The molecule has 6 N–H and O–H groups in total. The Labute approximate surface area is 126 Å². The summed E-state index contributed by atoms with van der Waals surface area (Å²) < 4.78 is 64.3. The number of benzene rings is 2. The predicted molar refractivity (Wildman–Crippen MR) is 80.3 cm³/mol. The van der Waals surface area contributed by atoms with E-state index in [0.717, 1.165) is 6.07 Å². The van der Waals surface area contributed by atoms with Gasteiger partial charge < -0.3 is 11.5 Å². The predicted octanol–water partition coefficient (Wildman–Crippen LogP) is 1.01. The zero-order valence-corrected chi connectivity index (χ0v) is 12.6. The van der Waals surface area contributed by atoms with Crippen LogP contribution in [0.3, 0.4) is 0 Å². The molecule has 0 radical (unpaired) electrons. The van der Waals surface area contributed by atoms with Gasteiger partial charge in [-0.3, -0.25) is 9.11 Å². The van der Waals surface area contributed by atoms with Crippen LogP contribution in [0.4, 0.5) is 11.4 Å². The molecule has 0 aromatic heterocycles. The average molecular weight is 344 g/mol. The third kappa shape index (κ3) is 2.90. The number of nitrogen functional groups attached to an aromatic ring is 2. The third-order valence-corrected chi connectivity index (χ3v) is 4.82. The molecule has 8 nitrogen and oxygen atoms in total. The zero-order valence-electron chi connectivity index (χ0n) is 11.0. The van der Waals surface area contributed by atoms with Crippen LogP contribution in [0.5, 0.6) is 0 Å². The summed E-state index contributed by atoms with van der Waals surface area (Å²) in [6.07, 6.45) is 0. The lowest BCUT2D eigenvalue weighted by Crippen LogP contribution is -2.13. The summed E-state index contributed by atoms with van der Waals surface area (Å²) in [5.74, 6) is 0. The second kappa shape index (κ2) is 5.25. The van der Waals surface area contributed by atoms with Crippen LogP contribution < -0.4 is 11.5 Å². The molecule has 0 aliphatic rings. The highest BCUT2D eigenvalue weighted by Gasteiger charge is 2.29. The minimum absolute atomic E-state index is 0.0782. The van der Waals surface area contributed by atoms with Crippen molar-refractivity contribution in [1.29, 1.82) is 0 Å². The topological polar surface area (TPSA) is 161 Å². The summed E-state index contributed by atoms with van der Waals surface area (Å²) in [6, 6.07) is 8.94. The molecule has 0 unspecified atom stereocenters. The van der Waals surface area contributed by atoms with Crippen LogP contribution in [-0.4, -0.2) is 25.9 Å². The number of anilines is 2. The molecule has 22 heavy (non-hydrogen) atoms. The molecule has 2 aromatic carbocycles. The Morgan fingerprint density at radius 1 is 0.818 bits per heavy atom. The van der Waals surface area contributed by atoms with E-state index in [1.54, 1.807) is 18.2 Å². The van der Waals surface area contributed by atoms with E-state index >= 15 is 0 Å². The molecule has 0 fully saturated rings. The summed E-state index contributed by atoms with van der Waals surface area (Å²) in [5, 5.41) is 0. The van der Waals surface area contributed by atoms with Gasteiger partial charge in [0, 0.05) is 5.56 Å². The van der Waals surface area contributed by atoms with Gasteiger partial charge in [-0.15, -0.1) is 0 Å². The monoisotopic (exact) mass is 344 g/mol. The fourth-order valence-corrected chi connectivity index (χ4v) is 3.72. The molecule has 0 heterocycles. The third-order valence-electron chi connectivity index (χ3n) is 2.90. The van der Waals surface area contributed by atoms with Crippen molar-refractivity contribution in [3.63, 3.8) is 0 Å². The van der Waals surface area contributed by atoms with Crippen molar-refractivity contribution in [2.24, 2.45) is 0 Å². The minimum Gasteiger partial charge on any atom is -0.398 e. The Balaban J connectivity index is 3.00. The molecular formula is C12H12N2O6S2. The van der Waals surface area contributed by atoms with Gasteiger partial charge in [0.2, 0.25) is 0 Å². The molecule has 0 spiro atoms. The summed E-state index contributed by atoms with van der Waals surface area (Å²) in [5.41, 5.74) is 10.1. The van der Waals surface area contributed by atoms with Crippen LogP contribution >= 0.6 is 0 Å². The Hall–Kier alpha value is -2.14. The van der Waals surface area contributed by atoms with Gasteiger partial charge in [0.15, 0.2) is 0 Å². The molecular weight excluding hydrogens is 332 g/mol. The first-order chi connectivity index (χ1) is 10.0. The van der Waals surface area contributed by atoms with E-state index in [1.807, 2.05) is 0 Å². The van der Waals surface area contributed by atoms with Gasteiger partial charge in [-0.05, 0) is 11.6 Å². The maximum Gasteiger partial charge on any atom is 0.298 e. The first-order valence-electron chi connectivity index (χ1n) is 5.76. The fraction of sp³-hybridized carbons (Fsp3) is 0. The largest absolute Gasteiger partial charge is 0.398 e. The Morgan fingerprint density at radius 2 is 1.32 bits per heavy atom. The molecule has 0 aliphatic heterocycles. The highest BCUT2D eigenvalue weighted by Crippen LogP contribution is 2.39. The van der Waals surface area contributed by atoms with Crippen molar-refractivity contribution in [2.45, 2.75) is 9.79 Å². The van der Waals surface area contributed by atoms with Crippen molar-refractivity contribution in [1.82, 2.24) is 0 Å². The molecule has 10 heteroatoms. The molecule has 2 rings (SSSR count). The van der Waals surface area contributed by atoms with Crippen LogP contribution in [0.15, 0.2) is 46.2 Å². The van der Waals surface area contributed by atoms with Crippen LogP contribution in [-0.2, 0) is 20.2 Å². The molecule has 0 aliphatic carbocycles. The SMILES string of the molecule is Nc1cc(-c2ccccc2)c(S(=O)(=O)O)c(N)c1S(=O)(=O)O. The Bertz CT molecular complexity index is 937. The molecule has 0 atom stereocenters. The maximum atomic E-state index is 11.6. The van der Waals surface area contributed by atoms with Gasteiger partial charge in [-0.2, -0.15) is 16.8 Å². The zero-order chi connectivity index (χ0) is 16.7. The normalized spacial score (nSPS) is 12.3. The van der Waals surface area contributed by atoms with E-state index in [0.29, 0.717) is 5.56 Å². The van der Waals surface area contributed by atoms with E-state index in [9.17, 15) is 21.4 Å². The van der Waals surface area contributed by atoms with Gasteiger partial charge in [0.05, 0.1) is 11.4 Å². The van der Waals surface area contributed by atoms with E-state index in [-0.39, 0.29) is 5.56 Å². The van der Waals surface area contributed by atoms with Gasteiger partial charge in [0.25, 0.3) is 20.2 Å². The smallest absolute Gasteiger partial charge is 0.298 e. The van der Waals surface area contributed by atoms with E-state index in [2.05, 4.69) is 0 Å². The first-order valence-corrected chi connectivity index (χ1v) is 8.64. The minimum atomic E-state index is -4.87. The molecule has 118 valence electrons. The lowest BCUT2D eigenvalue weighted by atomic mass is 10.0. The van der Waals surface area contributed by atoms with Crippen LogP contribution in [0, 0.1) is 0 Å². The van der Waals surface area contributed by atoms with Crippen LogP contribution in [0.25, 0.3) is 11.1 Å². The molecule has 0 amide bonds. The highest BCUT2D eigenvalue weighted by molar-refractivity contribution is 7.87. The summed E-state index contributed by atoms with van der Waals surface area (Å²) in [7, 11) is -9.74. The Morgan fingerprint density at radius 3 is 1.77 bits per heavy atom. The van der Waals surface area contributed by atoms with Crippen molar-refractivity contribution >= 4 is 31.6 Å². The average Bonchev–Trinajstić information content (AvgIpc) is 2.35. The number of hydrogen-bond acceptors (Lipinski definition) is 6. The lowest BCUT2D eigenvalue weighted by Gasteiger charge is -2.15. The molecule has 0 saturated heterocycles. The molecule has 2 aromatic rings. The van der Waals surface area contributed by atoms with Crippen molar-refractivity contribution < 1.29 is 25.9 Å². The highest BCUT2D eigenvalue weighted by atomic mass is 32.2. The summed E-state index contributed by atoms with van der Waals surface area (Å²) in [4.78, 5) is -1.79. The summed E-state index contributed by atoms with van der Waals surface area (Å²) >= 11 is 0. The second-order valence-corrected chi connectivity index (χ2v) is 7.12. The summed E-state index contributed by atoms with van der Waals surface area (Å²) in [6.45, 7) is 0. The number of nitrogens with two attached hydrogens (primary N) is 2. The van der Waals surface area contributed by atoms with Crippen molar-refractivity contribution in [3.8, 4) is 11.1 Å². The maximum absolute atomic E-state index is 11.6. The van der Waals surface area contributed by atoms with Gasteiger partial charge >= 0.3 is 0 Å².